The molecule has 1 unspecified atom stereocenters. The third-order valence-electron chi connectivity index (χ3n) is 2.62. The van der Waals surface area contributed by atoms with E-state index in [-0.39, 0.29) is 12.5 Å². The lowest BCUT2D eigenvalue weighted by atomic mass is 10.2. The van der Waals surface area contributed by atoms with Gasteiger partial charge in [0.15, 0.2) is 0 Å². The van der Waals surface area contributed by atoms with Crippen LogP contribution in [-0.2, 0) is 14.3 Å². The van der Waals surface area contributed by atoms with Crippen molar-refractivity contribution in [3.8, 4) is 5.75 Å². The van der Waals surface area contributed by atoms with E-state index in [2.05, 4.69) is 5.32 Å². The second kappa shape index (κ2) is 8.52. The number of hydrogen-bond acceptors (Lipinski definition) is 5. The third kappa shape index (κ3) is 5.16. The van der Waals surface area contributed by atoms with Crippen molar-refractivity contribution in [3.05, 3.63) is 23.8 Å². The largest absolute Gasteiger partial charge is 0.489 e. The van der Waals surface area contributed by atoms with E-state index >= 15 is 0 Å². The number of hydrogen-bond donors (Lipinski definition) is 2. The first-order valence-electron chi connectivity index (χ1n) is 6.36. The Morgan fingerprint density at radius 1 is 1.30 bits per heavy atom. The van der Waals surface area contributed by atoms with Gasteiger partial charge < -0.3 is 25.3 Å². The fourth-order valence-electron chi connectivity index (χ4n) is 1.57. The molecule has 1 aromatic carbocycles. The van der Waals surface area contributed by atoms with Crippen LogP contribution in [0.25, 0.3) is 0 Å². The summed E-state index contributed by atoms with van der Waals surface area (Å²) in [6, 6.07) is 4.82. The lowest BCUT2D eigenvalue weighted by Gasteiger charge is -2.15. The quantitative estimate of drug-likeness (QED) is 0.693. The van der Waals surface area contributed by atoms with Gasteiger partial charge in [-0.05, 0) is 24.6 Å². The molecule has 1 amide bonds. The summed E-state index contributed by atoms with van der Waals surface area (Å²) in [6.07, 6.45) is 0. The zero-order chi connectivity index (χ0) is 15.0. The highest BCUT2D eigenvalue weighted by atomic mass is 16.5. The van der Waals surface area contributed by atoms with Crippen molar-refractivity contribution in [1.29, 1.82) is 0 Å². The molecule has 0 aromatic heterocycles. The number of amides is 1. The smallest absolute Gasteiger partial charge is 0.243 e. The van der Waals surface area contributed by atoms with Crippen LogP contribution in [-0.4, -0.2) is 46.0 Å². The molecule has 0 fully saturated rings. The number of methoxy groups -OCH3 is 2. The lowest BCUT2D eigenvalue weighted by Crippen LogP contribution is -2.39. The van der Waals surface area contributed by atoms with Crippen molar-refractivity contribution in [3.63, 3.8) is 0 Å². The summed E-state index contributed by atoms with van der Waals surface area (Å²) in [5.41, 5.74) is 7.30. The minimum Gasteiger partial charge on any atom is -0.489 e. The highest BCUT2D eigenvalue weighted by Crippen LogP contribution is 2.25. The molecule has 0 radical (unpaired) electrons. The van der Waals surface area contributed by atoms with E-state index in [1.54, 1.807) is 13.2 Å². The average Bonchev–Trinajstić information content (AvgIpc) is 2.42. The Hall–Kier alpha value is -1.63. The number of nitrogens with two attached hydrogens (primary N) is 1. The average molecular weight is 282 g/mol. The molecular weight excluding hydrogens is 260 g/mol. The maximum atomic E-state index is 11.9. The van der Waals surface area contributed by atoms with Gasteiger partial charge in [-0.3, -0.25) is 4.79 Å². The number of carbonyl (C=O) groups is 1. The first kappa shape index (κ1) is 16.4. The molecule has 112 valence electrons. The first-order chi connectivity index (χ1) is 9.58. The van der Waals surface area contributed by atoms with E-state index in [9.17, 15) is 4.79 Å². The van der Waals surface area contributed by atoms with Gasteiger partial charge in [0.25, 0.3) is 0 Å². The van der Waals surface area contributed by atoms with Gasteiger partial charge in [0.1, 0.15) is 18.4 Å². The molecular formula is C14H22N2O4. The van der Waals surface area contributed by atoms with Crippen LogP contribution >= 0.6 is 0 Å². The number of ether oxygens (including phenoxy) is 3. The fraction of sp³-hybridized carbons (Fsp3) is 0.500. The molecule has 6 heteroatoms. The Bertz CT molecular complexity index is 437. The normalized spacial score (nSPS) is 12.0. The Kier molecular flexibility index (Phi) is 7.00. The molecule has 3 N–H and O–H groups in total. The van der Waals surface area contributed by atoms with Gasteiger partial charge in [0.05, 0.1) is 18.9 Å². The summed E-state index contributed by atoms with van der Waals surface area (Å²) in [4.78, 5) is 11.9. The van der Waals surface area contributed by atoms with Crippen LogP contribution in [0, 0.1) is 6.92 Å². The molecule has 0 spiro atoms. The summed E-state index contributed by atoms with van der Waals surface area (Å²) >= 11 is 0. The standard InChI is InChI=1S/C14H22N2O4/c1-10-4-5-12(13(8-10)20-7-6-18-2)16-14(17)11(15)9-19-3/h4-5,8,11H,6-7,9,15H2,1-3H3,(H,16,17). The molecule has 0 heterocycles. The summed E-state index contributed by atoms with van der Waals surface area (Å²) in [5, 5.41) is 2.74. The third-order valence-corrected chi connectivity index (χ3v) is 2.62. The predicted octanol–water partition coefficient (Wildman–Crippen LogP) is 0.932. The van der Waals surface area contributed by atoms with Crippen molar-refractivity contribution in [2.45, 2.75) is 13.0 Å². The topological polar surface area (TPSA) is 82.8 Å². The lowest BCUT2D eigenvalue weighted by molar-refractivity contribution is -0.118. The van der Waals surface area contributed by atoms with Crippen molar-refractivity contribution < 1.29 is 19.0 Å². The number of nitrogens with one attached hydrogen (secondary N) is 1. The van der Waals surface area contributed by atoms with Crippen molar-refractivity contribution >= 4 is 11.6 Å². The Morgan fingerprint density at radius 3 is 2.70 bits per heavy atom. The Labute approximate surface area is 119 Å². The van der Waals surface area contributed by atoms with Crippen molar-refractivity contribution in [1.82, 2.24) is 0 Å². The molecule has 1 atom stereocenters. The second-order valence-electron chi connectivity index (χ2n) is 4.39. The van der Waals surface area contributed by atoms with E-state index < -0.39 is 6.04 Å². The molecule has 0 bridgehead atoms. The van der Waals surface area contributed by atoms with Gasteiger partial charge >= 0.3 is 0 Å². The summed E-state index contributed by atoms with van der Waals surface area (Å²) in [7, 11) is 3.10. The van der Waals surface area contributed by atoms with E-state index in [1.165, 1.54) is 7.11 Å². The second-order valence-corrected chi connectivity index (χ2v) is 4.39. The van der Waals surface area contributed by atoms with Crippen LogP contribution in [0.4, 0.5) is 5.69 Å². The van der Waals surface area contributed by atoms with Gasteiger partial charge in [-0.25, -0.2) is 0 Å². The molecule has 0 aliphatic rings. The highest BCUT2D eigenvalue weighted by Gasteiger charge is 2.15. The fourth-order valence-corrected chi connectivity index (χ4v) is 1.57. The van der Waals surface area contributed by atoms with Crippen LogP contribution in [0.2, 0.25) is 0 Å². The van der Waals surface area contributed by atoms with E-state index in [4.69, 9.17) is 19.9 Å². The SMILES string of the molecule is COCCOc1cc(C)ccc1NC(=O)C(N)COC. The minimum absolute atomic E-state index is 0.164. The van der Waals surface area contributed by atoms with Crippen LogP contribution in [0.1, 0.15) is 5.56 Å². The molecule has 0 saturated carbocycles. The summed E-state index contributed by atoms with van der Waals surface area (Å²) < 4.78 is 15.4. The Morgan fingerprint density at radius 2 is 2.05 bits per heavy atom. The zero-order valence-corrected chi connectivity index (χ0v) is 12.1. The maximum Gasteiger partial charge on any atom is 0.243 e. The number of rotatable bonds is 8. The summed E-state index contributed by atoms with van der Waals surface area (Å²) in [5.74, 6) is 0.285. The van der Waals surface area contributed by atoms with E-state index in [0.717, 1.165) is 5.56 Å². The molecule has 0 aliphatic heterocycles. The van der Waals surface area contributed by atoms with Crippen molar-refractivity contribution in [2.75, 3.05) is 39.4 Å². The van der Waals surface area contributed by atoms with Crippen LogP contribution in [0.5, 0.6) is 5.75 Å². The molecule has 20 heavy (non-hydrogen) atoms. The van der Waals surface area contributed by atoms with Crippen LogP contribution in [0.3, 0.4) is 0 Å². The molecule has 0 saturated heterocycles. The van der Waals surface area contributed by atoms with Gasteiger partial charge in [0, 0.05) is 14.2 Å². The van der Waals surface area contributed by atoms with Gasteiger partial charge in [0.2, 0.25) is 5.91 Å². The zero-order valence-electron chi connectivity index (χ0n) is 12.1. The monoisotopic (exact) mass is 282 g/mol. The summed E-state index contributed by atoms with van der Waals surface area (Å²) in [6.45, 7) is 3.00. The molecule has 0 aliphatic carbocycles. The maximum absolute atomic E-state index is 11.9. The minimum atomic E-state index is -0.715. The van der Waals surface area contributed by atoms with Gasteiger partial charge in [-0.2, -0.15) is 0 Å². The molecule has 6 nitrogen and oxygen atoms in total. The number of carbonyl (C=O) groups excluding carboxylic acids is 1. The number of aryl methyl sites for hydroxylation is 1. The predicted molar refractivity (Wildman–Crippen MR) is 77.0 cm³/mol. The van der Waals surface area contributed by atoms with E-state index in [0.29, 0.717) is 24.7 Å². The number of benzene rings is 1. The van der Waals surface area contributed by atoms with Crippen LogP contribution < -0.4 is 15.8 Å². The number of anilines is 1. The van der Waals surface area contributed by atoms with Gasteiger partial charge in [-0.1, -0.05) is 6.07 Å². The van der Waals surface area contributed by atoms with Crippen molar-refractivity contribution in [2.24, 2.45) is 5.73 Å². The molecule has 1 aromatic rings. The van der Waals surface area contributed by atoms with E-state index in [1.807, 2.05) is 19.1 Å². The Balaban J connectivity index is 2.74. The van der Waals surface area contributed by atoms with Gasteiger partial charge in [-0.15, -0.1) is 0 Å². The highest BCUT2D eigenvalue weighted by molar-refractivity contribution is 5.96. The van der Waals surface area contributed by atoms with Crippen LogP contribution in [0.15, 0.2) is 18.2 Å². The molecule has 1 rings (SSSR count). The first-order valence-corrected chi connectivity index (χ1v) is 6.36.